The zero-order valence-corrected chi connectivity index (χ0v) is 19.7. The largest absolute Gasteiger partial charge is 1.00 e. The van der Waals surface area contributed by atoms with Gasteiger partial charge in [-0.15, -0.1) is 0 Å². The number of rotatable bonds is 8. The number of hydrogen-bond donors (Lipinski definition) is 0. The minimum Gasteiger partial charge on any atom is -1.00 e. The molecule has 134 valence electrons. The first-order valence-corrected chi connectivity index (χ1v) is 12.8. The maximum absolute atomic E-state index is 2.45. The first-order valence-electron chi connectivity index (χ1n) is 9.14. The van der Waals surface area contributed by atoms with Crippen LogP contribution in [0.4, 0.5) is 0 Å². The normalized spacial score (nSPS) is 15.3. The van der Waals surface area contributed by atoms with Gasteiger partial charge in [0.2, 0.25) is 0 Å². The molecule has 0 aromatic rings. The third-order valence-electron chi connectivity index (χ3n) is 4.76. The minimum absolute atomic E-state index is 0. The van der Waals surface area contributed by atoms with Crippen molar-refractivity contribution < 1.29 is 46.1 Å². The van der Waals surface area contributed by atoms with Crippen LogP contribution in [0.1, 0.15) is 79.1 Å². The predicted octanol–water partition coefficient (Wildman–Crippen LogP) is 0.633. The smallest absolute Gasteiger partial charge is 1.00 e. The summed E-state index contributed by atoms with van der Waals surface area (Å²) in [6, 6.07) is 0. The Bertz CT molecular complexity index is 514. The van der Waals surface area contributed by atoms with Gasteiger partial charge in [-0.2, -0.15) is 0 Å². The summed E-state index contributed by atoms with van der Waals surface area (Å²) in [5.74, 6) is 0. The Morgan fingerprint density at radius 2 is 1.25 bits per heavy atom. The first-order chi connectivity index (χ1) is 10.7. The van der Waals surface area contributed by atoms with Crippen molar-refractivity contribution in [2.45, 2.75) is 79.1 Å². The topological polar surface area (TPSA) is 0 Å². The van der Waals surface area contributed by atoms with Gasteiger partial charge in [-0.3, -0.25) is 0 Å². The molecule has 24 heavy (non-hydrogen) atoms. The van der Waals surface area contributed by atoms with Gasteiger partial charge in [0.1, 0.15) is 0 Å². The van der Waals surface area contributed by atoms with Crippen LogP contribution in [0.5, 0.6) is 0 Å². The maximum Gasteiger partial charge on any atom is -1.00 e. The van der Waals surface area contributed by atoms with E-state index in [-0.39, 0.29) is 24.8 Å². The molecule has 0 aromatic heterocycles. The van der Waals surface area contributed by atoms with E-state index in [9.17, 15) is 0 Å². The summed E-state index contributed by atoms with van der Waals surface area (Å²) in [7, 11) is 0. The van der Waals surface area contributed by atoms with E-state index >= 15 is 0 Å². The van der Waals surface area contributed by atoms with Gasteiger partial charge < -0.3 is 24.8 Å². The van der Waals surface area contributed by atoms with Gasteiger partial charge in [0.25, 0.3) is 0 Å². The summed E-state index contributed by atoms with van der Waals surface area (Å²) in [6.45, 7) is 9.45. The third kappa shape index (κ3) is 6.23. The van der Waals surface area contributed by atoms with Crippen LogP contribution < -0.4 is 24.8 Å². The Kier molecular flexibility index (Phi) is 12.8. The van der Waals surface area contributed by atoms with Crippen molar-refractivity contribution in [2.75, 3.05) is 0 Å². The van der Waals surface area contributed by atoms with Crippen molar-refractivity contribution in [1.82, 2.24) is 0 Å². The van der Waals surface area contributed by atoms with E-state index in [2.05, 4.69) is 52.0 Å². The summed E-state index contributed by atoms with van der Waals surface area (Å²) in [6.07, 6.45) is 20.2. The summed E-state index contributed by atoms with van der Waals surface area (Å²) >= 11 is -1.75. The van der Waals surface area contributed by atoms with E-state index in [4.69, 9.17) is 0 Å². The molecular weight excluding hydrogens is 414 g/mol. The fourth-order valence-electron chi connectivity index (χ4n) is 3.62. The Morgan fingerprint density at radius 3 is 1.58 bits per heavy atom. The van der Waals surface area contributed by atoms with Gasteiger partial charge in [-0.1, -0.05) is 0 Å². The Labute approximate surface area is 169 Å². The van der Waals surface area contributed by atoms with E-state index in [1.54, 1.807) is 14.4 Å². The standard InChI is InChI=1S/2C9H13.C3H6.2ClH.Zr/c2*1-2-3-6-9-7-4-5-8-9;1-3-2;;;/h2*4,7H,2-3,5-6H2,1H3;1-2H3;2*1H;/q;;;;;+2/p-2. The Balaban J connectivity index is 0.00000264. The zero-order chi connectivity index (χ0) is 15.9. The van der Waals surface area contributed by atoms with Gasteiger partial charge in [0.05, 0.1) is 0 Å². The van der Waals surface area contributed by atoms with E-state index in [0.717, 1.165) is 0 Å². The molecule has 0 fully saturated rings. The number of unbranched alkanes of at least 4 members (excludes halogenated alkanes) is 2. The molecule has 3 heteroatoms. The van der Waals surface area contributed by atoms with Crippen molar-refractivity contribution in [2.24, 2.45) is 0 Å². The van der Waals surface area contributed by atoms with E-state index in [1.165, 1.54) is 51.4 Å². The second kappa shape index (κ2) is 12.6. The van der Waals surface area contributed by atoms with Crippen molar-refractivity contribution >= 4 is 3.21 Å². The summed E-state index contributed by atoms with van der Waals surface area (Å²) in [5.41, 5.74) is 3.43. The van der Waals surface area contributed by atoms with E-state index in [1.807, 2.05) is 6.56 Å². The van der Waals surface area contributed by atoms with Gasteiger partial charge >= 0.3 is 146 Å². The monoisotopic (exact) mass is 444 g/mol. The number of halogens is 2. The summed E-state index contributed by atoms with van der Waals surface area (Å²) < 4.78 is 5.55. The van der Waals surface area contributed by atoms with Crippen molar-refractivity contribution in [3.05, 3.63) is 42.0 Å². The minimum atomic E-state index is -1.75. The van der Waals surface area contributed by atoms with Crippen LogP contribution in [0.25, 0.3) is 0 Å². The molecule has 0 aliphatic heterocycles. The van der Waals surface area contributed by atoms with Gasteiger partial charge in [0, 0.05) is 0 Å². The Morgan fingerprint density at radius 1 is 0.833 bits per heavy atom. The molecule has 0 atom stereocenters. The number of allylic oxidation sites excluding steroid dienone is 8. The van der Waals surface area contributed by atoms with Crippen LogP contribution in [0.2, 0.25) is 0 Å². The van der Waals surface area contributed by atoms with Crippen molar-refractivity contribution in [3.63, 3.8) is 0 Å². The van der Waals surface area contributed by atoms with E-state index < -0.39 is 21.3 Å². The van der Waals surface area contributed by atoms with Gasteiger partial charge in [-0.25, -0.2) is 0 Å². The molecular formula is C21H32Cl2Zr. The average molecular weight is 447 g/mol. The zero-order valence-electron chi connectivity index (χ0n) is 15.7. The average Bonchev–Trinajstić information content (AvgIpc) is 3.13. The van der Waals surface area contributed by atoms with Crippen LogP contribution >= 0.6 is 0 Å². The molecule has 2 aliphatic rings. The van der Waals surface area contributed by atoms with Gasteiger partial charge in [0.15, 0.2) is 0 Å². The molecule has 2 aliphatic carbocycles. The molecule has 0 heterocycles. The molecule has 0 spiro atoms. The van der Waals surface area contributed by atoms with Crippen molar-refractivity contribution in [1.29, 1.82) is 0 Å². The second-order valence-electron chi connectivity index (χ2n) is 6.80. The third-order valence-corrected chi connectivity index (χ3v) is 12.8. The number of hydrogen-bond acceptors (Lipinski definition) is 0. The molecule has 0 nitrogen and oxygen atoms in total. The maximum atomic E-state index is 2.45. The molecule has 0 saturated heterocycles. The van der Waals surface area contributed by atoms with Crippen LogP contribution in [0, 0.1) is 0 Å². The second-order valence-corrected chi connectivity index (χ2v) is 14.1. The van der Waals surface area contributed by atoms with Crippen LogP contribution in [0.3, 0.4) is 0 Å². The fourth-order valence-corrected chi connectivity index (χ4v) is 11.7. The molecule has 0 radical (unpaired) electrons. The van der Waals surface area contributed by atoms with Crippen molar-refractivity contribution in [3.8, 4) is 0 Å². The molecule has 0 aromatic carbocycles. The first kappa shape index (κ1) is 24.3. The van der Waals surface area contributed by atoms with Gasteiger partial charge in [-0.05, 0) is 0 Å². The van der Waals surface area contributed by atoms with E-state index in [0.29, 0.717) is 0 Å². The van der Waals surface area contributed by atoms with Crippen LogP contribution in [-0.2, 0) is 21.3 Å². The molecule has 0 bridgehead atoms. The molecule has 2 rings (SSSR count). The Hall–Kier alpha value is 0.293. The fraction of sp³-hybridized carbons (Fsp3) is 0.571. The molecule has 0 unspecified atom stereocenters. The van der Waals surface area contributed by atoms with Crippen LogP contribution in [-0.4, -0.2) is 3.21 Å². The SMILES string of the molecule is CCCCC1=[C]([Zr+2]([C]2=C(CCCC)C=CC2)=[C](C)C)CC=C1.[Cl-].[Cl-]. The van der Waals surface area contributed by atoms with Crippen LogP contribution in [0.15, 0.2) is 42.0 Å². The molecule has 0 saturated carbocycles. The summed E-state index contributed by atoms with van der Waals surface area (Å²) in [5, 5.41) is 0. The summed E-state index contributed by atoms with van der Waals surface area (Å²) in [4.78, 5) is 0. The molecule has 0 N–H and O–H groups in total. The quantitative estimate of drug-likeness (QED) is 0.513. The predicted molar refractivity (Wildman–Crippen MR) is 97.0 cm³/mol. The molecule has 0 amide bonds.